The van der Waals surface area contributed by atoms with Crippen LogP contribution < -0.4 is 5.73 Å². The van der Waals surface area contributed by atoms with Crippen molar-refractivity contribution in [2.45, 2.75) is 0 Å². The lowest BCUT2D eigenvalue weighted by Gasteiger charge is -2.05. The van der Waals surface area contributed by atoms with Crippen molar-refractivity contribution >= 4 is 5.69 Å². The fourth-order valence-electron chi connectivity index (χ4n) is 1.34. The van der Waals surface area contributed by atoms with Gasteiger partial charge in [0.15, 0.2) is 0 Å². The molecule has 0 saturated carbocycles. The Bertz CT molecular complexity index is 498. The number of anilines is 1. The molecule has 0 radical (unpaired) electrons. The molecule has 4 heteroatoms. The van der Waals surface area contributed by atoms with Crippen LogP contribution in [-0.2, 0) is 0 Å². The molecule has 0 atom stereocenters. The second kappa shape index (κ2) is 3.65. The van der Waals surface area contributed by atoms with Gasteiger partial charge in [-0.1, -0.05) is 0 Å². The third-order valence-electron chi connectivity index (χ3n) is 2.03. The van der Waals surface area contributed by atoms with E-state index in [0.717, 1.165) is 6.20 Å². The van der Waals surface area contributed by atoms with Crippen molar-refractivity contribution in [1.82, 2.24) is 4.98 Å². The van der Waals surface area contributed by atoms with E-state index in [4.69, 9.17) is 5.73 Å². The molecule has 0 amide bonds. The molecule has 0 aliphatic carbocycles. The molecule has 2 N–H and O–H groups in total. The first-order valence-electron chi connectivity index (χ1n) is 4.33. The van der Waals surface area contributed by atoms with Gasteiger partial charge in [0.05, 0.1) is 6.20 Å². The minimum Gasteiger partial charge on any atom is -0.398 e. The van der Waals surface area contributed by atoms with Gasteiger partial charge in [-0.25, -0.2) is 8.78 Å². The maximum atomic E-state index is 13.0. The van der Waals surface area contributed by atoms with Crippen molar-refractivity contribution < 1.29 is 8.78 Å². The van der Waals surface area contributed by atoms with Gasteiger partial charge in [0.2, 0.25) is 0 Å². The molecule has 1 aromatic heterocycles. The average Bonchev–Trinajstić information content (AvgIpc) is 2.22. The summed E-state index contributed by atoms with van der Waals surface area (Å²) in [6, 6.07) is 5.21. The molecule has 0 bridgehead atoms. The Morgan fingerprint density at radius 1 is 1.00 bits per heavy atom. The summed E-state index contributed by atoms with van der Waals surface area (Å²) in [7, 11) is 0. The first kappa shape index (κ1) is 9.58. The fourth-order valence-corrected chi connectivity index (χ4v) is 1.34. The summed E-state index contributed by atoms with van der Waals surface area (Å²) in [5, 5.41) is 0. The first-order chi connectivity index (χ1) is 7.16. The fraction of sp³-hybridized carbons (Fsp3) is 0. The molecule has 0 unspecified atom stereocenters. The van der Waals surface area contributed by atoms with Gasteiger partial charge in [-0.15, -0.1) is 0 Å². The summed E-state index contributed by atoms with van der Waals surface area (Å²) in [6.07, 6.45) is 2.52. The van der Waals surface area contributed by atoms with E-state index in [9.17, 15) is 8.78 Å². The zero-order chi connectivity index (χ0) is 10.8. The predicted octanol–water partition coefficient (Wildman–Crippen LogP) is 2.61. The Hall–Kier alpha value is -1.97. The summed E-state index contributed by atoms with van der Waals surface area (Å²) in [4.78, 5) is 3.68. The number of nitrogens with zero attached hydrogens (tertiary/aromatic N) is 1. The molecule has 15 heavy (non-hydrogen) atoms. The van der Waals surface area contributed by atoms with Crippen molar-refractivity contribution in [3.05, 3.63) is 48.3 Å². The molecule has 0 aliphatic rings. The highest BCUT2D eigenvalue weighted by Crippen LogP contribution is 2.26. The van der Waals surface area contributed by atoms with Gasteiger partial charge in [0, 0.05) is 23.0 Å². The molecule has 0 fully saturated rings. The lowest BCUT2D eigenvalue weighted by Crippen LogP contribution is -1.92. The average molecular weight is 206 g/mol. The first-order valence-corrected chi connectivity index (χ1v) is 4.33. The van der Waals surface area contributed by atoms with Gasteiger partial charge in [-0.3, -0.25) is 4.98 Å². The second-order valence-corrected chi connectivity index (χ2v) is 3.12. The van der Waals surface area contributed by atoms with Crippen LogP contribution in [0.4, 0.5) is 14.5 Å². The lowest BCUT2D eigenvalue weighted by molar-refractivity contribution is 0.621. The van der Waals surface area contributed by atoms with Gasteiger partial charge in [-0.2, -0.15) is 0 Å². The van der Waals surface area contributed by atoms with E-state index in [1.807, 2.05) is 0 Å². The number of nitrogen functional groups attached to an aromatic ring is 1. The van der Waals surface area contributed by atoms with E-state index < -0.39 is 11.6 Å². The van der Waals surface area contributed by atoms with Crippen molar-refractivity contribution in [3.63, 3.8) is 0 Å². The van der Waals surface area contributed by atoms with E-state index in [1.54, 1.807) is 0 Å². The largest absolute Gasteiger partial charge is 0.398 e. The number of rotatable bonds is 1. The molecule has 2 rings (SSSR count). The Labute approximate surface area is 85.4 Å². The minimum atomic E-state index is -0.476. The maximum absolute atomic E-state index is 13.0. The van der Waals surface area contributed by atoms with Crippen LogP contribution in [0.3, 0.4) is 0 Å². The number of benzene rings is 1. The van der Waals surface area contributed by atoms with Crippen LogP contribution in [0.1, 0.15) is 0 Å². The highest BCUT2D eigenvalue weighted by molar-refractivity contribution is 5.75. The maximum Gasteiger partial charge on any atom is 0.142 e. The third-order valence-corrected chi connectivity index (χ3v) is 2.03. The van der Waals surface area contributed by atoms with Crippen LogP contribution in [-0.4, -0.2) is 4.98 Å². The molecular formula is C11H8F2N2. The molecule has 0 aliphatic heterocycles. The highest BCUT2D eigenvalue weighted by Gasteiger charge is 2.05. The van der Waals surface area contributed by atoms with E-state index in [0.29, 0.717) is 16.8 Å². The van der Waals surface area contributed by atoms with Gasteiger partial charge < -0.3 is 5.73 Å². The van der Waals surface area contributed by atoms with E-state index >= 15 is 0 Å². The quantitative estimate of drug-likeness (QED) is 0.728. The van der Waals surface area contributed by atoms with Crippen LogP contribution >= 0.6 is 0 Å². The number of hydrogen-bond donors (Lipinski definition) is 1. The Morgan fingerprint density at radius 3 is 2.53 bits per heavy atom. The van der Waals surface area contributed by atoms with Gasteiger partial charge in [0.25, 0.3) is 0 Å². The summed E-state index contributed by atoms with van der Waals surface area (Å²) in [5.74, 6) is -0.889. The molecule has 1 aromatic carbocycles. The van der Waals surface area contributed by atoms with Gasteiger partial charge >= 0.3 is 0 Å². The van der Waals surface area contributed by atoms with Crippen LogP contribution in [0.15, 0.2) is 36.7 Å². The van der Waals surface area contributed by atoms with Crippen LogP contribution in [0.5, 0.6) is 0 Å². The summed E-state index contributed by atoms with van der Waals surface area (Å²) in [5.41, 5.74) is 6.96. The normalized spacial score (nSPS) is 10.3. The molecule has 0 spiro atoms. The predicted molar refractivity (Wildman–Crippen MR) is 54.0 cm³/mol. The van der Waals surface area contributed by atoms with E-state index in [2.05, 4.69) is 4.98 Å². The molecule has 1 heterocycles. The van der Waals surface area contributed by atoms with Crippen molar-refractivity contribution in [2.24, 2.45) is 0 Å². The van der Waals surface area contributed by atoms with Gasteiger partial charge in [0.1, 0.15) is 11.6 Å². The van der Waals surface area contributed by atoms with Crippen molar-refractivity contribution in [1.29, 1.82) is 0 Å². The summed E-state index contributed by atoms with van der Waals surface area (Å²) >= 11 is 0. The number of pyridine rings is 1. The second-order valence-electron chi connectivity index (χ2n) is 3.12. The van der Waals surface area contributed by atoms with E-state index in [-0.39, 0.29) is 0 Å². The zero-order valence-corrected chi connectivity index (χ0v) is 7.74. The molecule has 76 valence electrons. The molecular weight excluding hydrogens is 198 g/mol. The Balaban J connectivity index is 2.58. The summed E-state index contributed by atoms with van der Waals surface area (Å²) in [6.45, 7) is 0. The summed E-state index contributed by atoms with van der Waals surface area (Å²) < 4.78 is 25.9. The van der Waals surface area contributed by atoms with Crippen LogP contribution in [0.25, 0.3) is 11.1 Å². The van der Waals surface area contributed by atoms with Gasteiger partial charge in [-0.05, 0) is 24.3 Å². The Morgan fingerprint density at radius 2 is 1.80 bits per heavy atom. The molecule has 0 saturated heterocycles. The van der Waals surface area contributed by atoms with Crippen molar-refractivity contribution in [3.8, 4) is 11.1 Å². The standard InChI is InChI=1S/C11H8F2N2/c12-8-1-2-11(14)10(4-8)7-3-9(13)6-15-5-7/h1-6H,14H2. The number of halogens is 2. The van der Waals surface area contributed by atoms with Crippen LogP contribution in [0.2, 0.25) is 0 Å². The smallest absolute Gasteiger partial charge is 0.142 e. The third kappa shape index (κ3) is 1.93. The SMILES string of the molecule is Nc1ccc(F)cc1-c1cncc(F)c1. The molecule has 2 aromatic rings. The monoisotopic (exact) mass is 206 g/mol. The Kier molecular flexibility index (Phi) is 2.33. The molecule has 2 nitrogen and oxygen atoms in total. The van der Waals surface area contributed by atoms with E-state index in [1.165, 1.54) is 30.5 Å². The lowest BCUT2D eigenvalue weighted by atomic mass is 10.1. The minimum absolute atomic E-state index is 0.392. The topological polar surface area (TPSA) is 38.9 Å². The van der Waals surface area contributed by atoms with Crippen molar-refractivity contribution in [2.75, 3.05) is 5.73 Å². The highest BCUT2D eigenvalue weighted by atomic mass is 19.1. The van der Waals surface area contributed by atoms with Crippen LogP contribution in [0, 0.1) is 11.6 Å². The zero-order valence-electron chi connectivity index (χ0n) is 7.74. The number of nitrogens with two attached hydrogens (primary N) is 1. The number of aromatic nitrogens is 1. The number of hydrogen-bond acceptors (Lipinski definition) is 2.